The molecule has 1 N–H and O–H groups in total. The zero-order chi connectivity index (χ0) is 12.1. The zero-order valence-electron chi connectivity index (χ0n) is 10.9. The van der Waals surface area contributed by atoms with Crippen molar-refractivity contribution in [3.05, 3.63) is 17.5 Å². The van der Waals surface area contributed by atoms with Crippen LogP contribution in [-0.4, -0.2) is 30.2 Å². The van der Waals surface area contributed by atoms with Gasteiger partial charge in [-0.25, -0.2) is 0 Å². The van der Waals surface area contributed by atoms with Crippen LogP contribution in [0.1, 0.15) is 37.6 Å². The van der Waals surface area contributed by atoms with Crippen LogP contribution in [0.3, 0.4) is 0 Å². The highest BCUT2D eigenvalue weighted by atomic mass is 16.5. The lowest BCUT2D eigenvalue weighted by Gasteiger charge is -2.19. The maximum Gasteiger partial charge on any atom is 0.151 e. The standard InChI is InChI=1S/C13H23N3O/c1-3-6-16(9-11-4-5-11)10-13-7-12(8-14-2)15-17-13/h7,11,14H,3-6,8-10H2,1-2H3. The molecule has 0 saturated heterocycles. The van der Waals surface area contributed by atoms with Gasteiger partial charge in [0.25, 0.3) is 0 Å². The molecule has 1 aromatic rings. The highest BCUT2D eigenvalue weighted by molar-refractivity contribution is 5.05. The molecule has 1 fully saturated rings. The van der Waals surface area contributed by atoms with Crippen LogP contribution in [0.2, 0.25) is 0 Å². The lowest BCUT2D eigenvalue weighted by atomic mass is 10.3. The van der Waals surface area contributed by atoms with Crippen LogP contribution in [0, 0.1) is 5.92 Å². The predicted octanol–water partition coefficient (Wildman–Crippen LogP) is 2.02. The molecule has 0 radical (unpaired) electrons. The van der Waals surface area contributed by atoms with E-state index in [-0.39, 0.29) is 0 Å². The van der Waals surface area contributed by atoms with E-state index < -0.39 is 0 Å². The van der Waals surface area contributed by atoms with E-state index in [0.29, 0.717) is 0 Å². The molecule has 1 aliphatic rings. The Bertz CT molecular complexity index is 333. The lowest BCUT2D eigenvalue weighted by molar-refractivity contribution is 0.223. The molecule has 4 heteroatoms. The molecule has 0 atom stereocenters. The van der Waals surface area contributed by atoms with Crippen LogP contribution in [0.5, 0.6) is 0 Å². The van der Waals surface area contributed by atoms with Gasteiger partial charge in [-0.15, -0.1) is 0 Å². The SMILES string of the molecule is CCCN(Cc1cc(CNC)no1)CC1CC1. The fourth-order valence-corrected chi connectivity index (χ4v) is 2.13. The van der Waals surface area contributed by atoms with Crippen molar-refractivity contribution in [3.8, 4) is 0 Å². The molecule has 17 heavy (non-hydrogen) atoms. The van der Waals surface area contributed by atoms with Crippen LogP contribution in [0.4, 0.5) is 0 Å². The molecule has 0 bridgehead atoms. The molecule has 0 unspecified atom stereocenters. The van der Waals surface area contributed by atoms with Crippen molar-refractivity contribution in [3.63, 3.8) is 0 Å². The first-order valence-corrected chi connectivity index (χ1v) is 6.63. The molecular formula is C13H23N3O. The van der Waals surface area contributed by atoms with E-state index in [0.717, 1.165) is 37.0 Å². The average molecular weight is 237 g/mol. The Morgan fingerprint density at radius 3 is 3.00 bits per heavy atom. The van der Waals surface area contributed by atoms with E-state index in [1.54, 1.807) is 0 Å². The summed E-state index contributed by atoms with van der Waals surface area (Å²) in [5.74, 6) is 1.92. The maximum absolute atomic E-state index is 5.36. The van der Waals surface area contributed by atoms with Crippen LogP contribution in [-0.2, 0) is 13.1 Å². The van der Waals surface area contributed by atoms with Gasteiger partial charge < -0.3 is 9.84 Å². The molecule has 0 spiro atoms. The van der Waals surface area contributed by atoms with Crippen molar-refractivity contribution < 1.29 is 4.52 Å². The Hall–Kier alpha value is -0.870. The molecule has 1 aliphatic carbocycles. The van der Waals surface area contributed by atoms with E-state index >= 15 is 0 Å². The Morgan fingerprint density at radius 1 is 1.53 bits per heavy atom. The average Bonchev–Trinajstić information content (AvgIpc) is 3.00. The summed E-state index contributed by atoms with van der Waals surface area (Å²) in [4.78, 5) is 2.49. The maximum atomic E-state index is 5.36. The molecule has 0 amide bonds. The molecular weight excluding hydrogens is 214 g/mol. The summed E-state index contributed by atoms with van der Waals surface area (Å²) in [6, 6.07) is 2.06. The Labute approximate surface area is 103 Å². The van der Waals surface area contributed by atoms with Gasteiger partial charge in [0, 0.05) is 19.2 Å². The van der Waals surface area contributed by atoms with Gasteiger partial charge in [-0.1, -0.05) is 12.1 Å². The predicted molar refractivity (Wildman–Crippen MR) is 67.6 cm³/mol. The Morgan fingerprint density at radius 2 is 2.35 bits per heavy atom. The fraction of sp³-hybridized carbons (Fsp3) is 0.769. The number of nitrogens with zero attached hydrogens (tertiary/aromatic N) is 2. The smallest absolute Gasteiger partial charge is 0.151 e. The van der Waals surface area contributed by atoms with Gasteiger partial charge in [-0.05, 0) is 38.8 Å². The van der Waals surface area contributed by atoms with Gasteiger partial charge in [-0.3, -0.25) is 4.90 Å². The minimum Gasteiger partial charge on any atom is -0.360 e. The molecule has 1 aromatic heterocycles. The lowest BCUT2D eigenvalue weighted by Crippen LogP contribution is -2.26. The van der Waals surface area contributed by atoms with Gasteiger partial charge in [-0.2, -0.15) is 0 Å². The molecule has 1 saturated carbocycles. The van der Waals surface area contributed by atoms with Gasteiger partial charge in [0.05, 0.1) is 12.2 Å². The largest absolute Gasteiger partial charge is 0.360 e. The summed E-state index contributed by atoms with van der Waals surface area (Å²) in [6.45, 7) is 6.28. The summed E-state index contributed by atoms with van der Waals surface area (Å²) in [5, 5.41) is 7.13. The highest BCUT2D eigenvalue weighted by Crippen LogP contribution is 2.30. The number of rotatable bonds is 8. The monoisotopic (exact) mass is 237 g/mol. The summed E-state index contributed by atoms with van der Waals surface area (Å²) in [7, 11) is 1.92. The number of hydrogen-bond acceptors (Lipinski definition) is 4. The van der Waals surface area contributed by atoms with Crippen molar-refractivity contribution in [2.24, 2.45) is 5.92 Å². The second kappa shape index (κ2) is 6.17. The Kier molecular flexibility index (Phi) is 4.57. The highest BCUT2D eigenvalue weighted by Gasteiger charge is 2.24. The summed E-state index contributed by atoms with van der Waals surface area (Å²) < 4.78 is 5.36. The number of hydrogen-bond donors (Lipinski definition) is 1. The summed E-state index contributed by atoms with van der Waals surface area (Å²) >= 11 is 0. The van der Waals surface area contributed by atoms with E-state index in [9.17, 15) is 0 Å². The van der Waals surface area contributed by atoms with Crippen molar-refractivity contribution >= 4 is 0 Å². The minimum atomic E-state index is 0.778. The van der Waals surface area contributed by atoms with Gasteiger partial charge in [0.15, 0.2) is 5.76 Å². The first kappa shape index (κ1) is 12.6. The summed E-state index contributed by atoms with van der Waals surface area (Å²) in [6.07, 6.45) is 4.01. The third-order valence-corrected chi connectivity index (χ3v) is 3.10. The van der Waals surface area contributed by atoms with Gasteiger partial charge in [0.2, 0.25) is 0 Å². The van der Waals surface area contributed by atoms with Crippen molar-refractivity contribution in [2.45, 2.75) is 39.3 Å². The fourth-order valence-electron chi connectivity index (χ4n) is 2.13. The van der Waals surface area contributed by atoms with E-state index in [2.05, 4.69) is 28.4 Å². The number of nitrogens with one attached hydrogen (secondary N) is 1. The molecule has 2 rings (SSSR count). The van der Waals surface area contributed by atoms with Gasteiger partial charge >= 0.3 is 0 Å². The Balaban J connectivity index is 1.85. The molecule has 0 aromatic carbocycles. The second-order valence-electron chi connectivity index (χ2n) is 4.99. The molecule has 0 aliphatic heterocycles. The van der Waals surface area contributed by atoms with E-state index in [1.165, 1.54) is 25.8 Å². The van der Waals surface area contributed by atoms with Crippen molar-refractivity contribution in [1.82, 2.24) is 15.4 Å². The second-order valence-corrected chi connectivity index (χ2v) is 4.99. The quantitative estimate of drug-likeness (QED) is 0.751. The first-order chi connectivity index (χ1) is 8.31. The van der Waals surface area contributed by atoms with Crippen LogP contribution in [0.15, 0.2) is 10.6 Å². The van der Waals surface area contributed by atoms with Crippen LogP contribution < -0.4 is 5.32 Å². The molecule has 4 nitrogen and oxygen atoms in total. The third kappa shape index (κ3) is 4.13. The molecule has 96 valence electrons. The van der Waals surface area contributed by atoms with Crippen LogP contribution in [0.25, 0.3) is 0 Å². The first-order valence-electron chi connectivity index (χ1n) is 6.63. The normalized spacial score (nSPS) is 15.7. The van der Waals surface area contributed by atoms with Crippen LogP contribution >= 0.6 is 0 Å². The third-order valence-electron chi connectivity index (χ3n) is 3.10. The topological polar surface area (TPSA) is 41.3 Å². The minimum absolute atomic E-state index is 0.778. The van der Waals surface area contributed by atoms with Crippen molar-refractivity contribution in [1.29, 1.82) is 0 Å². The molecule has 1 heterocycles. The summed E-state index contributed by atoms with van der Waals surface area (Å²) in [5.41, 5.74) is 0.991. The van der Waals surface area contributed by atoms with E-state index in [1.807, 2.05) is 7.05 Å². The van der Waals surface area contributed by atoms with E-state index in [4.69, 9.17) is 4.52 Å². The number of aromatic nitrogens is 1. The zero-order valence-corrected chi connectivity index (χ0v) is 10.9. The van der Waals surface area contributed by atoms with Gasteiger partial charge in [0.1, 0.15) is 0 Å². The van der Waals surface area contributed by atoms with Crippen molar-refractivity contribution in [2.75, 3.05) is 20.1 Å².